The van der Waals surface area contributed by atoms with Gasteiger partial charge in [0.15, 0.2) is 0 Å². The Kier molecular flexibility index (Phi) is 8.09. The Labute approximate surface area is 367 Å². The molecule has 2 aliphatic rings. The van der Waals surface area contributed by atoms with Crippen LogP contribution in [0.15, 0.2) is 127 Å². The molecule has 2 heteroatoms. The van der Waals surface area contributed by atoms with Crippen LogP contribution in [0.25, 0.3) is 76.9 Å². The van der Waals surface area contributed by atoms with Gasteiger partial charge in [-0.2, -0.15) is 0 Å². The van der Waals surface area contributed by atoms with Crippen molar-refractivity contribution in [2.45, 2.75) is 117 Å². The van der Waals surface area contributed by atoms with Crippen LogP contribution in [0.1, 0.15) is 134 Å². The van der Waals surface area contributed by atoms with E-state index in [-0.39, 0.29) is 27.6 Å². The maximum atomic E-state index is 2.58. The normalized spacial score (nSPS) is 15.6. The number of allylic oxidation sites excluding steroid dienone is 1. The van der Waals surface area contributed by atoms with Gasteiger partial charge in [0.2, 0.25) is 0 Å². The summed E-state index contributed by atoms with van der Waals surface area (Å²) in [5.41, 5.74) is 20.3. The molecule has 1 atom stereocenters. The predicted molar refractivity (Wildman–Crippen MR) is 268 cm³/mol. The molecule has 0 spiro atoms. The number of benzene rings is 7. The highest BCUT2D eigenvalue weighted by molar-refractivity contribution is 6.15. The number of rotatable bonds is 2. The van der Waals surface area contributed by atoms with Crippen LogP contribution in [0.2, 0.25) is 0 Å². The van der Waals surface area contributed by atoms with Crippen LogP contribution in [0.4, 0.5) is 0 Å². The van der Waals surface area contributed by atoms with Crippen molar-refractivity contribution in [1.82, 2.24) is 9.13 Å². The Morgan fingerprint density at radius 1 is 0.403 bits per heavy atom. The summed E-state index contributed by atoms with van der Waals surface area (Å²) in [6.07, 6.45) is 3.50. The topological polar surface area (TPSA) is 9.86 Å². The summed E-state index contributed by atoms with van der Waals surface area (Å²) < 4.78 is 5.13. The molecule has 2 heterocycles. The minimum Gasteiger partial charge on any atom is -0.309 e. The first-order valence-corrected chi connectivity index (χ1v) is 22.9. The monoisotopic (exact) mass is 808 g/mol. The van der Waals surface area contributed by atoms with E-state index in [4.69, 9.17) is 0 Å². The minimum absolute atomic E-state index is 0.0537. The Hall–Kier alpha value is -5.86. The largest absolute Gasteiger partial charge is 0.309 e. The molecule has 2 nitrogen and oxygen atoms in total. The molecule has 7 aromatic carbocycles. The molecule has 310 valence electrons. The van der Waals surface area contributed by atoms with Crippen molar-refractivity contribution in [3.8, 4) is 16.8 Å². The molecule has 0 saturated heterocycles. The van der Waals surface area contributed by atoms with Gasteiger partial charge in [-0.05, 0) is 133 Å². The van der Waals surface area contributed by atoms with E-state index in [0.29, 0.717) is 0 Å². The maximum absolute atomic E-state index is 2.58. The lowest BCUT2D eigenvalue weighted by atomic mass is 9.71. The lowest BCUT2D eigenvalue weighted by Gasteiger charge is -2.34. The third-order valence-corrected chi connectivity index (χ3v) is 14.5. The number of hydrogen-bond donors (Lipinski definition) is 0. The fourth-order valence-electron chi connectivity index (χ4n) is 10.9. The Morgan fingerprint density at radius 3 is 1.31 bits per heavy atom. The predicted octanol–water partition coefficient (Wildman–Crippen LogP) is 16.6. The second kappa shape index (κ2) is 12.9. The van der Waals surface area contributed by atoms with Gasteiger partial charge in [0.05, 0.1) is 27.8 Å². The van der Waals surface area contributed by atoms with E-state index in [1.54, 1.807) is 0 Å². The first-order valence-electron chi connectivity index (χ1n) is 22.9. The third-order valence-electron chi connectivity index (χ3n) is 14.5. The average Bonchev–Trinajstić information content (AvgIpc) is 3.72. The molecular weight excluding hydrogens is 749 g/mol. The van der Waals surface area contributed by atoms with E-state index >= 15 is 0 Å². The van der Waals surface area contributed by atoms with Crippen LogP contribution < -0.4 is 0 Å². The van der Waals surface area contributed by atoms with Crippen molar-refractivity contribution in [1.29, 1.82) is 0 Å². The zero-order chi connectivity index (χ0) is 43.4. The molecule has 0 fully saturated rings. The van der Waals surface area contributed by atoms with E-state index in [1.165, 1.54) is 116 Å². The van der Waals surface area contributed by atoms with Gasteiger partial charge in [-0.15, -0.1) is 0 Å². The summed E-state index contributed by atoms with van der Waals surface area (Å²) in [7, 11) is 0. The van der Waals surface area contributed by atoms with Gasteiger partial charge < -0.3 is 9.13 Å². The highest BCUT2D eigenvalue weighted by Gasteiger charge is 2.34. The van der Waals surface area contributed by atoms with E-state index in [1.807, 2.05) is 0 Å². The second-order valence-corrected chi connectivity index (χ2v) is 22.6. The average molecular weight is 809 g/mol. The molecule has 0 N–H and O–H groups in total. The zero-order valence-corrected chi connectivity index (χ0v) is 38.8. The summed E-state index contributed by atoms with van der Waals surface area (Å²) in [5, 5.41) is 8.04. The van der Waals surface area contributed by atoms with Gasteiger partial charge >= 0.3 is 0 Å². The van der Waals surface area contributed by atoms with E-state index in [0.717, 1.165) is 6.42 Å². The number of fused-ring (bicyclic) bond motifs is 8. The van der Waals surface area contributed by atoms with Crippen molar-refractivity contribution < 1.29 is 0 Å². The standard InChI is InChI=1S/C60H60N2/c1-57(2,3)35-19-25-51-45(31-35)46-32-36(58(4,5)6)20-26-52(46)61(51)49-29-23-41-40-16-14-18-44-50(30-24-42(56(40)44)39-15-13-17-43(49)55(39)41)62-53-27-21-37(59(7,8)9)33-47(53)48-34-38(60(10,11)12)22-28-54(48)62/h13-23,25-34,42H,24H2,1-12H3. The van der Waals surface area contributed by atoms with Crippen LogP contribution in [-0.2, 0) is 21.7 Å². The number of aromatic nitrogens is 2. The van der Waals surface area contributed by atoms with E-state index < -0.39 is 0 Å². The van der Waals surface area contributed by atoms with Crippen molar-refractivity contribution in [2.75, 3.05) is 0 Å². The quantitative estimate of drug-likeness (QED) is 0.165. The van der Waals surface area contributed by atoms with Gasteiger partial charge in [-0.25, -0.2) is 0 Å². The fourth-order valence-corrected chi connectivity index (χ4v) is 10.9. The van der Waals surface area contributed by atoms with Crippen LogP contribution in [0, 0.1) is 0 Å². The van der Waals surface area contributed by atoms with Gasteiger partial charge in [0, 0.05) is 44.1 Å². The molecule has 1 unspecified atom stereocenters. The first-order chi connectivity index (χ1) is 29.3. The molecule has 0 aliphatic heterocycles. The molecule has 2 aromatic heterocycles. The van der Waals surface area contributed by atoms with E-state index in [9.17, 15) is 0 Å². The lowest BCUT2D eigenvalue weighted by Crippen LogP contribution is -2.17. The van der Waals surface area contributed by atoms with Crippen molar-refractivity contribution in [3.63, 3.8) is 0 Å². The Morgan fingerprint density at radius 2 is 0.839 bits per heavy atom. The van der Waals surface area contributed by atoms with Crippen LogP contribution in [0.5, 0.6) is 0 Å². The zero-order valence-electron chi connectivity index (χ0n) is 38.8. The second-order valence-electron chi connectivity index (χ2n) is 22.6. The number of nitrogens with zero attached hydrogens (tertiary/aromatic N) is 2. The third kappa shape index (κ3) is 5.67. The van der Waals surface area contributed by atoms with Crippen molar-refractivity contribution >= 4 is 60.1 Å². The SMILES string of the molecule is CC(C)(C)c1ccc2c(c1)c1cc(C(C)(C)C)ccc1n2C1=CCC2c3c1cccc3-c1ccc(-n3c4ccc(C(C)(C)C)cc4c4cc(C(C)(C)C)ccc43)c3cccc2c13. The highest BCUT2D eigenvalue weighted by Crippen LogP contribution is 2.54. The molecule has 0 bridgehead atoms. The maximum Gasteiger partial charge on any atom is 0.0541 e. The van der Waals surface area contributed by atoms with E-state index in [2.05, 4.69) is 220 Å². The summed E-state index contributed by atoms with van der Waals surface area (Å²) in [6, 6.07) is 47.8. The fraction of sp³-hybridized carbons (Fsp3) is 0.300. The summed E-state index contributed by atoms with van der Waals surface area (Å²) >= 11 is 0. The molecule has 2 aliphatic carbocycles. The first kappa shape index (κ1) is 39.0. The van der Waals surface area contributed by atoms with Crippen LogP contribution >= 0.6 is 0 Å². The van der Waals surface area contributed by atoms with Crippen LogP contribution in [-0.4, -0.2) is 9.13 Å². The van der Waals surface area contributed by atoms with Gasteiger partial charge in [-0.3, -0.25) is 0 Å². The minimum atomic E-state index is 0.0537. The molecule has 0 radical (unpaired) electrons. The summed E-state index contributed by atoms with van der Waals surface area (Å²) in [5.74, 6) is 0.270. The van der Waals surface area contributed by atoms with Crippen molar-refractivity contribution in [2.24, 2.45) is 0 Å². The molecule has 9 aromatic rings. The van der Waals surface area contributed by atoms with Gasteiger partial charge in [0.25, 0.3) is 0 Å². The molecule has 0 saturated carbocycles. The van der Waals surface area contributed by atoms with Crippen LogP contribution in [0.3, 0.4) is 0 Å². The molecule has 62 heavy (non-hydrogen) atoms. The molecule has 11 rings (SSSR count). The van der Waals surface area contributed by atoms with Crippen molar-refractivity contribution in [3.05, 3.63) is 166 Å². The van der Waals surface area contributed by atoms with Gasteiger partial charge in [-0.1, -0.05) is 156 Å². The number of hydrogen-bond acceptors (Lipinski definition) is 0. The summed E-state index contributed by atoms with van der Waals surface area (Å²) in [4.78, 5) is 0. The Bertz CT molecular complexity index is 3260. The smallest absolute Gasteiger partial charge is 0.0541 e. The Balaban J connectivity index is 1.12. The molecule has 0 amide bonds. The molecular formula is C60H60N2. The summed E-state index contributed by atoms with van der Waals surface area (Å²) in [6.45, 7) is 27.9. The van der Waals surface area contributed by atoms with Gasteiger partial charge in [0.1, 0.15) is 0 Å². The highest BCUT2D eigenvalue weighted by atomic mass is 15.0. The lowest BCUT2D eigenvalue weighted by molar-refractivity contribution is 0.590.